The predicted molar refractivity (Wildman–Crippen MR) is 40.9 cm³/mol. The van der Waals surface area contributed by atoms with Crippen LogP contribution in [0.4, 0.5) is 0 Å². The quantitative estimate of drug-likeness (QED) is 0.484. The fourth-order valence-electron chi connectivity index (χ4n) is 0.746. The molecule has 70 valence electrons. The number of carbonyl (C=O) groups is 1. The largest absolute Gasteiger partial charge is 0.469 e. The Morgan fingerprint density at radius 3 is 2.50 bits per heavy atom. The maximum Gasteiger partial charge on any atom is 0.424 e. The van der Waals surface area contributed by atoms with E-state index in [9.17, 15) is 9.36 Å². The van der Waals surface area contributed by atoms with Crippen molar-refractivity contribution in [3.8, 4) is 0 Å². The molecule has 0 aliphatic carbocycles. The second-order valence-corrected chi connectivity index (χ2v) is 4.86. The first-order valence-electron chi connectivity index (χ1n) is 3.22. The molecule has 0 unspecified atom stereocenters. The molecule has 1 heterocycles. The summed E-state index contributed by atoms with van der Waals surface area (Å²) in [5.74, 6) is -0.984. The summed E-state index contributed by atoms with van der Waals surface area (Å²) in [6.07, 6.45) is 0. The van der Waals surface area contributed by atoms with Crippen molar-refractivity contribution >= 4 is 24.2 Å². The Balaban J connectivity index is 2.46. The number of hydrogen-bond donors (Lipinski definition) is 0. The van der Waals surface area contributed by atoms with Gasteiger partial charge < -0.3 is 4.74 Å². The average molecular weight is 215 g/mol. The number of ether oxygens (including phenoxy) is 1. The molecule has 0 spiro atoms. The molecule has 1 fully saturated rings. The Kier molecular flexibility index (Phi) is 3.12. The third-order valence-corrected chi connectivity index (χ3v) is 2.89. The highest BCUT2D eigenvalue weighted by molar-refractivity contribution is 7.81. The molecule has 1 rings (SSSR count). The van der Waals surface area contributed by atoms with Crippen LogP contribution in [-0.4, -0.2) is 26.3 Å². The Bertz CT molecular complexity index is 218. The van der Waals surface area contributed by atoms with Crippen molar-refractivity contribution in [2.45, 2.75) is 0 Å². The van der Waals surface area contributed by atoms with Crippen LogP contribution >= 0.6 is 18.2 Å². The molecular weight excluding hydrogens is 206 g/mol. The summed E-state index contributed by atoms with van der Waals surface area (Å²) in [7, 11) is 1.26. The van der Waals surface area contributed by atoms with Crippen LogP contribution < -0.4 is 0 Å². The number of methoxy groups -OCH3 is 1. The molecule has 1 aliphatic rings. The predicted octanol–water partition coefficient (Wildman–Crippen LogP) is 1.17. The van der Waals surface area contributed by atoms with Gasteiger partial charge in [0.25, 0.3) is 0 Å². The standard InChI is InChI=1S/C5H8ClO5P/c1-9-5(7)4-2-10-12(6,8)11-3-4/h4H,2-3H2,1H3. The van der Waals surface area contributed by atoms with Crippen LogP contribution in [-0.2, 0) is 23.1 Å². The Hall–Kier alpha value is -0.0900. The first kappa shape index (κ1) is 9.99. The Labute approximate surface area is 74.3 Å². The van der Waals surface area contributed by atoms with Crippen molar-refractivity contribution < 1.29 is 23.1 Å². The molecule has 7 heteroatoms. The fraction of sp³-hybridized carbons (Fsp3) is 0.800. The van der Waals surface area contributed by atoms with E-state index in [2.05, 4.69) is 13.8 Å². The molecule has 1 aliphatic heterocycles. The number of hydrogen-bond acceptors (Lipinski definition) is 5. The Morgan fingerprint density at radius 1 is 1.58 bits per heavy atom. The van der Waals surface area contributed by atoms with Crippen molar-refractivity contribution in [1.29, 1.82) is 0 Å². The van der Waals surface area contributed by atoms with Crippen LogP contribution in [0.1, 0.15) is 0 Å². The SMILES string of the molecule is COC(=O)C1COP(=O)(Cl)OC1. The molecule has 1 saturated heterocycles. The highest BCUT2D eigenvalue weighted by atomic mass is 35.7. The van der Waals surface area contributed by atoms with Gasteiger partial charge in [-0.15, -0.1) is 0 Å². The smallest absolute Gasteiger partial charge is 0.424 e. The van der Waals surface area contributed by atoms with Gasteiger partial charge in [0.1, 0.15) is 5.92 Å². The number of esters is 1. The van der Waals surface area contributed by atoms with Crippen LogP contribution in [0.5, 0.6) is 0 Å². The minimum Gasteiger partial charge on any atom is -0.469 e. The summed E-state index contributed by atoms with van der Waals surface area (Å²) in [4.78, 5) is 10.9. The monoisotopic (exact) mass is 214 g/mol. The van der Waals surface area contributed by atoms with E-state index in [-0.39, 0.29) is 13.2 Å². The molecule has 0 atom stereocenters. The van der Waals surface area contributed by atoms with Crippen LogP contribution in [0.25, 0.3) is 0 Å². The Morgan fingerprint density at radius 2 is 2.08 bits per heavy atom. The van der Waals surface area contributed by atoms with Crippen molar-refractivity contribution in [1.82, 2.24) is 0 Å². The topological polar surface area (TPSA) is 61.8 Å². The maximum absolute atomic E-state index is 10.9. The normalized spacial score (nSPS) is 36.0. The lowest BCUT2D eigenvalue weighted by Crippen LogP contribution is -2.28. The van der Waals surface area contributed by atoms with E-state index in [1.165, 1.54) is 7.11 Å². The number of rotatable bonds is 1. The first-order valence-corrected chi connectivity index (χ1v) is 5.66. The molecule has 0 saturated carbocycles. The van der Waals surface area contributed by atoms with E-state index >= 15 is 0 Å². The summed E-state index contributed by atoms with van der Waals surface area (Å²) >= 11 is 5.24. The second kappa shape index (κ2) is 3.75. The molecule has 0 bridgehead atoms. The number of carbonyl (C=O) groups excluding carboxylic acids is 1. The zero-order chi connectivity index (χ0) is 9.19. The molecule has 0 amide bonds. The molecule has 0 radical (unpaired) electrons. The molecule has 5 nitrogen and oxygen atoms in total. The molecule has 12 heavy (non-hydrogen) atoms. The van der Waals surface area contributed by atoms with E-state index in [1.54, 1.807) is 0 Å². The van der Waals surface area contributed by atoms with Gasteiger partial charge >= 0.3 is 12.9 Å². The molecule has 0 aromatic heterocycles. The molecule has 0 aromatic rings. The van der Waals surface area contributed by atoms with Crippen molar-refractivity contribution in [3.63, 3.8) is 0 Å². The van der Waals surface area contributed by atoms with Gasteiger partial charge in [-0.3, -0.25) is 13.8 Å². The van der Waals surface area contributed by atoms with Crippen LogP contribution in [0.3, 0.4) is 0 Å². The van der Waals surface area contributed by atoms with Gasteiger partial charge in [0.15, 0.2) is 0 Å². The fourth-order valence-corrected chi connectivity index (χ4v) is 1.87. The van der Waals surface area contributed by atoms with Gasteiger partial charge in [0, 0.05) is 11.2 Å². The van der Waals surface area contributed by atoms with Gasteiger partial charge in [-0.25, -0.2) is 4.57 Å². The summed E-state index contributed by atoms with van der Waals surface area (Å²) in [6, 6.07) is 0. The van der Waals surface area contributed by atoms with Gasteiger partial charge in [-0.2, -0.15) is 0 Å². The van der Waals surface area contributed by atoms with E-state index < -0.39 is 18.8 Å². The lowest BCUT2D eigenvalue weighted by atomic mass is 10.2. The highest BCUT2D eigenvalue weighted by Crippen LogP contribution is 2.56. The highest BCUT2D eigenvalue weighted by Gasteiger charge is 2.34. The van der Waals surface area contributed by atoms with E-state index in [0.717, 1.165) is 0 Å². The summed E-state index contributed by atoms with van der Waals surface area (Å²) < 4.78 is 24.5. The third kappa shape index (κ3) is 2.45. The average Bonchev–Trinajstić information content (AvgIpc) is 2.03. The van der Waals surface area contributed by atoms with Gasteiger partial charge in [0.2, 0.25) is 0 Å². The zero-order valence-corrected chi connectivity index (χ0v) is 8.01. The second-order valence-electron chi connectivity index (χ2n) is 2.24. The first-order chi connectivity index (χ1) is 5.55. The molecule has 0 aromatic carbocycles. The van der Waals surface area contributed by atoms with Crippen molar-refractivity contribution in [2.75, 3.05) is 20.3 Å². The summed E-state index contributed by atoms with van der Waals surface area (Å²) in [5, 5.41) is 0. The van der Waals surface area contributed by atoms with Crippen molar-refractivity contribution in [2.24, 2.45) is 5.92 Å². The third-order valence-electron chi connectivity index (χ3n) is 1.39. The minimum absolute atomic E-state index is 0.0204. The summed E-state index contributed by atoms with van der Waals surface area (Å²) in [6.45, 7) is -3.45. The van der Waals surface area contributed by atoms with E-state index in [4.69, 9.17) is 11.2 Å². The van der Waals surface area contributed by atoms with Crippen LogP contribution in [0.2, 0.25) is 0 Å². The van der Waals surface area contributed by atoms with E-state index in [0.29, 0.717) is 0 Å². The van der Waals surface area contributed by atoms with Crippen LogP contribution in [0.15, 0.2) is 0 Å². The van der Waals surface area contributed by atoms with Gasteiger partial charge in [0.05, 0.1) is 20.3 Å². The summed E-state index contributed by atoms with van der Waals surface area (Å²) in [5.41, 5.74) is 0. The molecular formula is C5H8ClO5P. The van der Waals surface area contributed by atoms with Crippen molar-refractivity contribution in [3.05, 3.63) is 0 Å². The maximum atomic E-state index is 10.9. The lowest BCUT2D eigenvalue weighted by Gasteiger charge is -2.22. The minimum atomic E-state index is -3.41. The molecule has 0 N–H and O–H groups in total. The van der Waals surface area contributed by atoms with E-state index in [1.807, 2.05) is 0 Å². The van der Waals surface area contributed by atoms with Crippen LogP contribution in [0, 0.1) is 5.92 Å². The lowest BCUT2D eigenvalue weighted by molar-refractivity contribution is -0.148. The number of halogens is 1. The van der Waals surface area contributed by atoms with Gasteiger partial charge in [-0.05, 0) is 0 Å². The van der Waals surface area contributed by atoms with Gasteiger partial charge in [-0.1, -0.05) is 0 Å². The zero-order valence-electron chi connectivity index (χ0n) is 6.36.